The number of benzene rings is 1. The van der Waals surface area contributed by atoms with Crippen molar-refractivity contribution in [3.8, 4) is 0 Å². The summed E-state index contributed by atoms with van der Waals surface area (Å²) in [7, 11) is 0. The lowest BCUT2D eigenvalue weighted by molar-refractivity contribution is 0.445. The predicted octanol–water partition coefficient (Wildman–Crippen LogP) is 4.02. The first-order valence-electron chi connectivity index (χ1n) is 4.91. The van der Waals surface area contributed by atoms with Gasteiger partial charge >= 0.3 is 0 Å². The molecule has 1 rings (SSSR count). The summed E-state index contributed by atoms with van der Waals surface area (Å²) >= 11 is 0. The van der Waals surface area contributed by atoms with Gasteiger partial charge in [-0.2, -0.15) is 0 Å². The molecule has 0 aliphatic rings. The number of hydrogen-bond acceptors (Lipinski definition) is 0. The van der Waals surface area contributed by atoms with E-state index in [2.05, 4.69) is 0 Å². The van der Waals surface area contributed by atoms with Crippen LogP contribution in [0.5, 0.6) is 0 Å². The summed E-state index contributed by atoms with van der Waals surface area (Å²) < 4.78 is 25.6. The molecule has 0 aliphatic carbocycles. The maximum Gasteiger partial charge on any atom is 0.123 e. The van der Waals surface area contributed by atoms with Gasteiger partial charge in [-0.3, -0.25) is 4.39 Å². The van der Waals surface area contributed by atoms with E-state index in [1.807, 2.05) is 19.9 Å². The van der Waals surface area contributed by atoms with Gasteiger partial charge in [0.25, 0.3) is 0 Å². The van der Waals surface area contributed by atoms with Crippen LogP contribution in [-0.2, 0) is 0 Å². The molecule has 0 nitrogen and oxygen atoms in total. The normalized spacial score (nSPS) is 13.3. The van der Waals surface area contributed by atoms with Crippen LogP contribution in [0.1, 0.15) is 43.7 Å². The topological polar surface area (TPSA) is 0 Å². The molecule has 1 aromatic carbocycles. The van der Waals surface area contributed by atoms with Gasteiger partial charge in [0.1, 0.15) is 5.82 Å². The van der Waals surface area contributed by atoms with Crippen LogP contribution in [0.15, 0.2) is 18.2 Å². The highest BCUT2D eigenvalue weighted by Gasteiger charge is 2.09. The van der Waals surface area contributed by atoms with Crippen molar-refractivity contribution in [2.45, 2.75) is 32.6 Å². The fourth-order valence-corrected chi connectivity index (χ4v) is 1.34. The molecule has 2 heteroatoms. The second-order valence-corrected chi connectivity index (χ2v) is 4.03. The van der Waals surface area contributed by atoms with Crippen molar-refractivity contribution in [2.24, 2.45) is 0 Å². The van der Waals surface area contributed by atoms with E-state index in [1.165, 1.54) is 12.1 Å². The third-order valence-corrected chi connectivity index (χ3v) is 2.41. The van der Waals surface area contributed by atoms with Crippen LogP contribution < -0.4 is 0 Å². The molecule has 1 atom stereocenters. The minimum atomic E-state index is -0.443. The molecule has 0 saturated heterocycles. The second kappa shape index (κ2) is 4.54. The number of hydrogen-bond donors (Lipinski definition) is 0. The van der Waals surface area contributed by atoms with Crippen molar-refractivity contribution in [3.63, 3.8) is 0 Å². The molecule has 0 aliphatic heterocycles. The van der Waals surface area contributed by atoms with Crippen molar-refractivity contribution in [3.05, 3.63) is 35.1 Å². The molecule has 0 amide bonds. The smallest absolute Gasteiger partial charge is 0.123 e. The zero-order valence-corrected chi connectivity index (χ0v) is 8.85. The summed E-state index contributed by atoms with van der Waals surface area (Å²) in [4.78, 5) is 0. The lowest BCUT2D eigenvalue weighted by atomic mass is 9.95. The fourth-order valence-electron chi connectivity index (χ4n) is 1.34. The third-order valence-electron chi connectivity index (χ3n) is 2.41. The second-order valence-electron chi connectivity index (χ2n) is 4.03. The summed E-state index contributed by atoms with van der Waals surface area (Å²) in [6, 6.07) is 4.81. The Labute approximate surface area is 84.0 Å². The van der Waals surface area contributed by atoms with Crippen LogP contribution in [0.3, 0.4) is 0 Å². The molecule has 1 aromatic rings. The van der Waals surface area contributed by atoms with Crippen molar-refractivity contribution < 1.29 is 8.78 Å². The van der Waals surface area contributed by atoms with Crippen molar-refractivity contribution in [1.29, 1.82) is 0 Å². The first kappa shape index (κ1) is 11.2. The molecular weight excluding hydrogens is 182 g/mol. The van der Waals surface area contributed by atoms with Gasteiger partial charge in [0.15, 0.2) is 0 Å². The lowest BCUT2D eigenvalue weighted by Gasteiger charge is -2.12. The van der Waals surface area contributed by atoms with Gasteiger partial charge in [0, 0.05) is 5.92 Å². The average molecular weight is 198 g/mol. The standard InChI is InChI=1S/C12H16F2/c1-8(2)10-4-11(9(3)7-13)6-12(14)5-10/h4-6,8-9H,7H2,1-3H3. The first-order valence-corrected chi connectivity index (χ1v) is 4.91. The van der Waals surface area contributed by atoms with E-state index in [1.54, 1.807) is 6.92 Å². The van der Waals surface area contributed by atoms with Crippen LogP contribution >= 0.6 is 0 Å². The minimum Gasteiger partial charge on any atom is -0.250 e. The largest absolute Gasteiger partial charge is 0.250 e. The molecule has 0 bridgehead atoms. The third kappa shape index (κ3) is 2.53. The van der Waals surface area contributed by atoms with Gasteiger partial charge in [0.05, 0.1) is 6.67 Å². The summed E-state index contributed by atoms with van der Waals surface area (Å²) in [6.45, 7) is 5.32. The fraction of sp³-hybridized carbons (Fsp3) is 0.500. The van der Waals surface area contributed by atoms with Gasteiger partial charge in [0.2, 0.25) is 0 Å². The SMILES string of the molecule is CC(C)c1cc(F)cc(C(C)CF)c1. The Morgan fingerprint density at radius 3 is 2.14 bits per heavy atom. The Hall–Kier alpha value is -0.920. The van der Waals surface area contributed by atoms with E-state index in [-0.39, 0.29) is 17.7 Å². The highest BCUT2D eigenvalue weighted by atomic mass is 19.1. The van der Waals surface area contributed by atoms with E-state index in [0.29, 0.717) is 0 Å². The molecule has 0 N–H and O–H groups in total. The Bertz CT molecular complexity index is 305. The van der Waals surface area contributed by atoms with E-state index in [0.717, 1.165) is 11.1 Å². The summed E-state index contributed by atoms with van der Waals surface area (Å²) in [6.07, 6.45) is 0. The van der Waals surface area contributed by atoms with Crippen LogP contribution in [0, 0.1) is 5.82 Å². The van der Waals surface area contributed by atoms with Crippen molar-refractivity contribution in [1.82, 2.24) is 0 Å². The predicted molar refractivity (Wildman–Crippen MR) is 54.9 cm³/mol. The maximum atomic E-state index is 13.2. The molecule has 0 radical (unpaired) electrons. The number of halogens is 2. The molecule has 14 heavy (non-hydrogen) atoms. The molecule has 0 heterocycles. The lowest BCUT2D eigenvalue weighted by Crippen LogP contribution is -1.99. The Morgan fingerprint density at radius 2 is 1.64 bits per heavy atom. The highest BCUT2D eigenvalue weighted by Crippen LogP contribution is 2.23. The maximum absolute atomic E-state index is 13.2. The Kier molecular flexibility index (Phi) is 3.62. The zero-order chi connectivity index (χ0) is 10.7. The highest BCUT2D eigenvalue weighted by molar-refractivity contribution is 5.29. The van der Waals surface area contributed by atoms with Gasteiger partial charge in [-0.1, -0.05) is 26.8 Å². The summed E-state index contributed by atoms with van der Waals surface area (Å²) in [5, 5.41) is 0. The molecule has 0 spiro atoms. The van der Waals surface area contributed by atoms with Crippen LogP contribution in [0.2, 0.25) is 0 Å². The quantitative estimate of drug-likeness (QED) is 0.688. The molecule has 78 valence electrons. The minimum absolute atomic E-state index is 0.219. The molecule has 0 saturated carbocycles. The summed E-state index contributed by atoms with van der Waals surface area (Å²) in [5.74, 6) is -0.217. The van der Waals surface area contributed by atoms with Gasteiger partial charge in [-0.15, -0.1) is 0 Å². The van der Waals surface area contributed by atoms with Gasteiger partial charge < -0.3 is 0 Å². The van der Waals surface area contributed by atoms with E-state index < -0.39 is 6.67 Å². The van der Waals surface area contributed by atoms with E-state index in [4.69, 9.17) is 0 Å². The molecular formula is C12H16F2. The Balaban J connectivity index is 3.07. The Morgan fingerprint density at radius 1 is 1.07 bits per heavy atom. The molecule has 0 fully saturated rings. The number of alkyl halides is 1. The van der Waals surface area contributed by atoms with Gasteiger partial charge in [-0.25, -0.2) is 4.39 Å². The van der Waals surface area contributed by atoms with Crippen LogP contribution in [-0.4, -0.2) is 6.67 Å². The summed E-state index contributed by atoms with van der Waals surface area (Å²) in [5.41, 5.74) is 1.68. The van der Waals surface area contributed by atoms with Crippen molar-refractivity contribution >= 4 is 0 Å². The van der Waals surface area contributed by atoms with E-state index >= 15 is 0 Å². The van der Waals surface area contributed by atoms with Crippen LogP contribution in [0.25, 0.3) is 0 Å². The molecule has 0 aromatic heterocycles. The van der Waals surface area contributed by atoms with Crippen LogP contribution in [0.4, 0.5) is 8.78 Å². The first-order chi connectivity index (χ1) is 6.54. The average Bonchev–Trinajstić information content (AvgIpc) is 2.15. The van der Waals surface area contributed by atoms with Gasteiger partial charge in [-0.05, 0) is 29.2 Å². The van der Waals surface area contributed by atoms with E-state index in [9.17, 15) is 8.78 Å². The zero-order valence-electron chi connectivity index (χ0n) is 8.85. The van der Waals surface area contributed by atoms with Crippen molar-refractivity contribution in [2.75, 3.05) is 6.67 Å². The molecule has 1 unspecified atom stereocenters. The number of rotatable bonds is 3. The monoisotopic (exact) mass is 198 g/mol.